The molecule has 0 unspecified atom stereocenters. The highest BCUT2D eigenvalue weighted by atomic mass is 15.2. The summed E-state index contributed by atoms with van der Waals surface area (Å²) in [6.45, 7) is 8.43. The Morgan fingerprint density at radius 1 is 1.11 bits per heavy atom. The molecule has 0 amide bonds. The second kappa shape index (κ2) is 7.29. The molecule has 2 heteroatoms. The zero-order valence-electron chi connectivity index (χ0n) is 12.0. The number of nitrogens with zero attached hydrogens (tertiary/aromatic N) is 2. The minimum Gasteiger partial charge on any atom is -0.359 e. The van der Waals surface area contributed by atoms with Crippen LogP contribution in [-0.2, 0) is 0 Å². The van der Waals surface area contributed by atoms with E-state index < -0.39 is 0 Å². The Kier molecular flexibility index (Phi) is 5.71. The third kappa shape index (κ3) is 4.53. The number of benzene rings is 1. The number of allylic oxidation sites excluding steroid dienone is 2. The van der Waals surface area contributed by atoms with Gasteiger partial charge in [-0.3, -0.25) is 0 Å². The van der Waals surface area contributed by atoms with Gasteiger partial charge in [0.1, 0.15) is 0 Å². The van der Waals surface area contributed by atoms with Crippen molar-refractivity contribution in [3.8, 4) is 17.9 Å². The fourth-order valence-corrected chi connectivity index (χ4v) is 2.05. The summed E-state index contributed by atoms with van der Waals surface area (Å²) in [5.74, 6) is 6.22. The maximum Gasteiger partial charge on any atom is 0.0993 e. The summed E-state index contributed by atoms with van der Waals surface area (Å²) in [5, 5.41) is 8.93. The van der Waals surface area contributed by atoms with Crippen molar-refractivity contribution in [2.75, 3.05) is 0 Å². The minimum atomic E-state index is 0.310. The van der Waals surface area contributed by atoms with Gasteiger partial charge in [0.15, 0.2) is 0 Å². The van der Waals surface area contributed by atoms with Crippen LogP contribution in [-0.4, -0.2) is 17.0 Å². The molecule has 0 spiro atoms. The average molecular weight is 252 g/mol. The molecule has 0 aliphatic heterocycles. The van der Waals surface area contributed by atoms with Crippen molar-refractivity contribution in [3.05, 3.63) is 47.7 Å². The molecular weight excluding hydrogens is 232 g/mol. The quantitative estimate of drug-likeness (QED) is 0.607. The molecule has 98 valence electrons. The van der Waals surface area contributed by atoms with E-state index in [1.165, 1.54) is 6.08 Å². The van der Waals surface area contributed by atoms with Crippen LogP contribution in [0.1, 0.15) is 33.3 Å². The van der Waals surface area contributed by atoms with Crippen LogP contribution in [0.3, 0.4) is 0 Å². The van der Waals surface area contributed by atoms with Gasteiger partial charge in [-0.1, -0.05) is 24.1 Å². The SMILES string of the molecule is CC(C)N(/C(C#Cc1ccccc1)=C/C#N)C(C)C. The van der Waals surface area contributed by atoms with Crippen LogP contribution in [0.15, 0.2) is 42.1 Å². The molecule has 0 aliphatic carbocycles. The van der Waals surface area contributed by atoms with Crippen molar-refractivity contribution in [2.45, 2.75) is 39.8 Å². The molecule has 1 rings (SSSR count). The van der Waals surface area contributed by atoms with Crippen molar-refractivity contribution in [3.63, 3.8) is 0 Å². The second-order valence-corrected chi connectivity index (χ2v) is 4.87. The van der Waals surface area contributed by atoms with E-state index in [0.29, 0.717) is 12.1 Å². The predicted molar refractivity (Wildman–Crippen MR) is 79.1 cm³/mol. The molecular formula is C17H20N2. The normalized spacial score (nSPS) is 10.9. The van der Waals surface area contributed by atoms with Crippen molar-refractivity contribution in [1.29, 1.82) is 5.26 Å². The van der Waals surface area contributed by atoms with E-state index in [2.05, 4.69) is 50.5 Å². The van der Waals surface area contributed by atoms with E-state index in [4.69, 9.17) is 5.26 Å². The van der Waals surface area contributed by atoms with Gasteiger partial charge in [-0.2, -0.15) is 5.26 Å². The van der Waals surface area contributed by atoms with Gasteiger partial charge >= 0.3 is 0 Å². The van der Waals surface area contributed by atoms with Crippen LogP contribution in [0.4, 0.5) is 0 Å². The third-order valence-corrected chi connectivity index (χ3v) is 2.70. The Bertz CT molecular complexity index is 514. The first-order valence-electron chi connectivity index (χ1n) is 6.51. The Balaban J connectivity index is 3.07. The van der Waals surface area contributed by atoms with Gasteiger partial charge in [0.2, 0.25) is 0 Å². The fraction of sp³-hybridized carbons (Fsp3) is 0.353. The van der Waals surface area contributed by atoms with Crippen molar-refractivity contribution in [2.24, 2.45) is 0 Å². The first-order chi connectivity index (χ1) is 9.06. The molecule has 0 saturated carbocycles. The fourth-order valence-electron chi connectivity index (χ4n) is 2.05. The van der Waals surface area contributed by atoms with E-state index in [0.717, 1.165) is 11.3 Å². The molecule has 0 aromatic heterocycles. The van der Waals surface area contributed by atoms with Gasteiger partial charge < -0.3 is 4.90 Å². The predicted octanol–water partition coefficient (Wildman–Crippen LogP) is 3.56. The third-order valence-electron chi connectivity index (χ3n) is 2.70. The largest absolute Gasteiger partial charge is 0.359 e. The molecule has 0 saturated heterocycles. The average Bonchev–Trinajstić information content (AvgIpc) is 2.36. The molecule has 19 heavy (non-hydrogen) atoms. The topological polar surface area (TPSA) is 27.0 Å². The van der Waals surface area contributed by atoms with E-state index in [-0.39, 0.29) is 0 Å². The van der Waals surface area contributed by atoms with Crippen molar-refractivity contribution in [1.82, 2.24) is 4.90 Å². The van der Waals surface area contributed by atoms with Gasteiger partial charge in [0.05, 0.1) is 11.8 Å². The lowest BCUT2D eigenvalue weighted by Crippen LogP contribution is -2.35. The summed E-state index contributed by atoms with van der Waals surface area (Å²) >= 11 is 0. The van der Waals surface area contributed by atoms with E-state index in [1.807, 2.05) is 30.3 Å². The van der Waals surface area contributed by atoms with E-state index in [1.54, 1.807) is 0 Å². The van der Waals surface area contributed by atoms with Crippen LogP contribution in [0.2, 0.25) is 0 Å². The first-order valence-corrected chi connectivity index (χ1v) is 6.51. The molecule has 0 fully saturated rings. The summed E-state index contributed by atoms with van der Waals surface area (Å²) in [5.41, 5.74) is 1.73. The lowest BCUT2D eigenvalue weighted by molar-refractivity contribution is 0.242. The van der Waals surface area contributed by atoms with Crippen LogP contribution >= 0.6 is 0 Å². The first kappa shape index (κ1) is 14.9. The van der Waals surface area contributed by atoms with Crippen LogP contribution in [0.25, 0.3) is 0 Å². The van der Waals surface area contributed by atoms with E-state index >= 15 is 0 Å². The molecule has 0 atom stereocenters. The van der Waals surface area contributed by atoms with Crippen LogP contribution in [0, 0.1) is 23.2 Å². The monoisotopic (exact) mass is 252 g/mol. The maximum atomic E-state index is 8.93. The van der Waals surface area contributed by atoms with Gasteiger partial charge in [-0.15, -0.1) is 0 Å². The van der Waals surface area contributed by atoms with Crippen molar-refractivity contribution >= 4 is 0 Å². The van der Waals surface area contributed by atoms with Crippen LogP contribution < -0.4 is 0 Å². The molecule has 0 aliphatic rings. The molecule has 0 N–H and O–H groups in total. The minimum absolute atomic E-state index is 0.310. The number of rotatable bonds is 3. The summed E-state index contributed by atoms with van der Waals surface area (Å²) in [6.07, 6.45) is 1.52. The lowest BCUT2D eigenvalue weighted by Gasteiger charge is -2.32. The highest BCUT2D eigenvalue weighted by Crippen LogP contribution is 2.13. The Morgan fingerprint density at radius 2 is 1.68 bits per heavy atom. The van der Waals surface area contributed by atoms with E-state index in [9.17, 15) is 0 Å². The summed E-state index contributed by atoms with van der Waals surface area (Å²) in [4.78, 5) is 2.15. The highest BCUT2D eigenvalue weighted by molar-refractivity contribution is 5.41. The van der Waals surface area contributed by atoms with Crippen molar-refractivity contribution < 1.29 is 0 Å². The molecule has 1 aromatic carbocycles. The lowest BCUT2D eigenvalue weighted by atomic mass is 10.1. The van der Waals surface area contributed by atoms with Crippen LogP contribution in [0.5, 0.6) is 0 Å². The highest BCUT2D eigenvalue weighted by Gasteiger charge is 2.15. The summed E-state index contributed by atoms with van der Waals surface area (Å²) < 4.78 is 0. The van der Waals surface area contributed by atoms with Gasteiger partial charge in [-0.05, 0) is 45.7 Å². The summed E-state index contributed by atoms with van der Waals surface area (Å²) in [6, 6.07) is 12.5. The van der Waals surface area contributed by atoms with Gasteiger partial charge in [0, 0.05) is 23.7 Å². The smallest absolute Gasteiger partial charge is 0.0993 e. The number of nitriles is 1. The number of hydrogen-bond donors (Lipinski definition) is 0. The molecule has 2 nitrogen and oxygen atoms in total. The zero-order chi connectivity index (χ0) is 14.3. The standard InChI is InChI=1S/C17H20N2/c1-14(2)19(15(3)4)17(12-13-18)11-10-16-8-6-5-7-9-16/h5-9,12,14-15H,1-4H3/b17-12+. The maximum absolute atomic E-state index is 8.93. The molecule has 0 radical (unpaired) electrons. The zero-order valence-corrected chi connectivity index (χ0v) is 12.0. The molecule has 0 bridgehead atoms. The Labute approximate surface area is 116 Å². The molecule has 0 heterocycles. The summed E-state index contributed by atoms with van der Waals surface area (Å²) in [7, 11) is 0. The Morgan fingerprint density at radius 3 is 2.16 bits per heavy atom. The van der Waals surface area contributed by atoms with Gasteiger partial charge in [0.25, 0.3) is 0 Å². The second-order valence-electron chi connectivity index (χ2n) is 4.87. The Hall–Kier alpha value is -2.19. The van der Waals surface area contributed by atoms with Gasteiger partial charge in [-0.25, -0.2) is 0 Å². The molecule has 1 aromatic rings. The number of hydrogen-bond acceptors (Lipinski definition) is 2.